The smallest absolute Gasteiger partial charge is 0.127 e. The van der Waals surface area contributed by atoms with Gasteiger partial charge in [0.25, 0.3) is 0 Å². The molecule has 10 rings (SSSR count). The second-order valence-electron chi connectivity index (χ2n) is 38.9. The summed E-state index contributed by atoms with van der Waals surface area (Å²) in [5.41, 5.74) is 40.6. The normalized spacial score (nSPS) is 13.3. The van der Waals surface area contributed by atoms with Gasteiger partial charge in [0.15, 0.2) is 0 Å². The summed E-state index contributed by atoms with van der Waals surface area (Å²) in [5.74, 6) is 7.52. The molecule has 0 spiro atoms. The predicted octanol–water partition coefficient (Wildman–Crippen LogP) is 27.5. The van der Waals surface area contributed by atoms with E-state index in [9.17, 15) is 0 Å². The van der Waals surface area contributed by atoms with E-state index in [1.165, 1.54) is 77.9 Å². The summed E-state index contributed by atoms with van der Waals surface area (Å²) in [6, 6.07) is 32.8. The molecule has 0 amide bonds. The van der Waals surface area contributed by atoms with E-state index < -0.39 is 0 Å². The predicted molar refractivity (Wildman–Crippen MR) is 497 cm³/mol. The average Bonchev–Trinajstić information content (AvgIpc) is 0.762. The van der Waals surface area contributed by atoms with Crippen LogP contribution in [0.25, 0.3) is 0 Å². The standard InChI is InChI=1S/2C52H72BrNO4/c2*1-14-18-55-46-33-22-34-26-41(51(8,9)10)29-37(47(34)56-19-15-2)24-38-32-44(54)45(53)43(49(38)58-21-17-4)31-39-30-42(52(11,12)13)28-36(48(39)57-20-16-3)23-35(46)27-40(25-33)50(5,6)7/h2*25-30,32H,14-24,31,54H2,1-13H3. The monoisotopic (exact) mass is 1710 g/mol. The molecule has 16 bridgehead atoms. The van der Waals surface area contributed by atoms with Crippen LogP contribution in [-0.2, 0) is 83.9 Å². The van der Waals surface area contributed by atoms with Crippen molar-refractivity contribution in [2.45, 2.75) is 315 Å². The van der Waals surface area contributed by atoms with Crippen LogP contribution >= 0.6 is 31.9 Å². The Labute approximate surface area is 718 Å². The highest BCUT2D eigenvalue weighted by Gasteiger charge is 2.34. The first-order valence-electron chi connectivity index (χ1n) is 43.8. The van der Waals surface area contributed by atoms with E-state index >= 15 is 0 Å². The Kier molecular flexibility index (Phi) is 31.4. The molecule has 4 N–H and O–H groups in total. The van der Waals surface area contributed by atoms with E-state index in [0.717, 1.165) is 151 Å². The van der Waals surface area contributed by atoms with Gasteiger partial charge in [0.2, 0.25) is 0 Å². The lowest BCUT2D eigenvalue weighted by Gasteiger charge is -2.29. The first kappa shape index (κ1) is 92.6. The molecule has 116 heavy (non-hydrogen) atoms. The van der Waals surface area contributed by atoms with Crippen LogP contribution < -0.4 is 49.4 Å². The van der Waals surface area contributed by atoms with Crippen molar-refractivity contribution in [3.63, 3.8) is 0 Å². The number of ether oxygens (including phenoxy) is 8. The van der Waals surface area contributed by atoms with Gasteiger partial charge in [-0.1, -0.05) is 253 Å². The highest BCUT2D eigenvalue weighted by molar-refractivity contribution is 9.11. The van der Waals surface area contributed by atoms with Crippen LogP contribution in [0.15, 0.2) is 93.9 Å². The van der Waals surface area contributed by atoms with Crippen molar-refractivity contribution in [3.05, 3.63) is 216 Å². The largest absolute Gasteiger partial charge is 0.493 e. The number of hydrogen-bond acceptors (Lipinski definition) is 10. The number of nitrogen functional groups attached to an aromatic ring is 2. The molecule has 10 nitrogen and oxygen atoms in total. The zero-order valence-electron chi connectivity index (χ0n) is 76.2. The number of nitrogens with two attached hydrogens (primary N) is 2. The summed E-state index contributed by atoms with van der Waals surface area (Å²) in [7, 11) is 0. The fraction of sp³-hybridized carbons (Fsp3) is 0.538. The molecule has 2 aliphatic rings. The van der Waals surface area contributed by atoms with Gasteiger partial charge in [0.05, 0.1) is 52.9 Å². The number of anilines is 2. The number of hydrogen-bond donors (Lipinski definition) is 2. The van der Waals surface area contributed by atoms with Crippen LogP contribution in [0.5, 0.6) is 46.0 Å². The first-order valence-corrected chi connectivity index (χ1v) is 45.4. The summed E-state index contributed by atoms with van der Waals surface area (Å²) in [6.45, 7) is 63.8. The van der Waals surface area contributed by atoms with Gasteiger partial charge < -0.3 is 49.4 Å². The fourth-order valence-electron chi connectivity index (χ4n) is 15.6. The van der Waals surface area contributed by atoms with E-state index in [-0.39, 0.29) is 32.5 Å². The molecule has 0 atom stereocenters. The quantitative estimate of drug-likeness (QED) is 0.0565. The molecule has 0 unspecified atom stereocenters. The number of halogens is 2. The van der Waals surface area contributed by atoms with Crippen LogP contribution in [-0.4, -0.2) is 52.9 Å². The Bertz CT molecular complexity index is 4420. The van der Waals surface area contributed by atoms with Crippen molar-refractivity contribution in [2.75, 3.05) is 64.3 Å². The van der Waals surface area contributed by atoms with Crippen LogP contribution in [0.1, 0.15) is 354 Å². The van der Waals surface area contributed by atoms with E-state index in [0.29, 0.717) is 116 Å². The third kappa shape index (κ3) is 22.8. The highest BCUT2D eigenvalue weighted by Crippen LogP contribution is 2.50. The van der Waals surface area contributed by atoms with Gasteiger partial charge in [-0.25, -0.2) is 0 Å². The molecule has 0 saturated carbocycles. The van der Waals surface area contributed by atoms with Crippen molar-refractivity contribution in [1.29, 1.82) is 0 Å². The van der Waals surface area contributed by atoms with Gasteiger partial charge in [-0.2, -0.15) is 0 Å². The Hall–Kier alpha value is -7.28. The van der Waals surface area contributed by atoms with Crippen molar-refractivity contribution in [2.24, 2.45) is 0 Å². The van der Waals surface area contributed by atoms with Crippen molar-refractivity contribution >= 4 is 43.2 Å². The third-order valence-corrected chi connectivity index (χ3v) is 24.0. The van der Waals surface area contributed by atoms with E-state index in [4.69, 9.17) is 49.4 Å². The topological polar surface area (TPSA) is 126 Å². The summed E-state index contributed by atoms with van der Waals surface area (Å²) in [6.07, 6.45) is 12.3. The first-order chi connectivity index (χ1) is 54.6. The van der Waals surface area contributed by atoms with Crippen LogP contribution in [0.2, 0.25) is 0 Å². The average molecular weight is 1710 g/mol. The van der Waals surface area contributed by atoms with Crippen molar-refractivity contribution < 1.29 is 37.9 Å². The second-order valence-corrected chi connectivity index (χ2v) is 40.5. The zero-order valence-corrected chi connectivity index (χ0v) is 79.4. The molecule has 0 aromatic heterocycles. The molecule has 632 valence electrons. The zero-order chi connectivity index (χ0) is 85.2. The molecule has 0 aliphatic heterocycles. The molecule has 0 fully saturated rings. The lowest BCUT2D eigenvalue weighted by atomic mass is 9.80. The Morgan fingerprint density at radius 3 is 0.483 bits per heavy atom. The maximum absolute atomic E-state index is 6.97. The minimum atomic E-state index is -0.102. The van der Waals surface area contributed by atoms with Crippen molar-refractivity contribution in [1.82, 2.24) is 0 Å². The SMILES string of the molecule is CCCOc1c2cc(C(C)(C)C)cc1Cc1cc(C(C)(C)C)cc(c1OCCC)Cc1c(Br)c(N)cc(c1OCCC)Cc1cc(C(C)(C)C)cc(c1OCCC)C2.CCCOc1c2cc(C(C)(C)C)cc1Cc1cc(C(C)(C)C)cc(c1OCCC)Cc1c(Br)c(N)cc(c1OCCC)Cc1cc(C(C)(C)C)cc(c1OCCC)C2. The maximum atomic E-state index is 6.97. The molecule has 0 heterocycles. The second kappa shape index (κ2) is 39.3. The fourth-order valence-corrected chi connectivity index (χ4v) is 16.4. The molecular formula is C104H144Br2N2O8. The third-order valence-electron chi connectivity index (χ3n) is 22.1. The van der Waals surface area contributed by atoms with Gasteiger partial charge in [-0.15, -0.1) is 0 Å². The maximum Gasteiger partial charge on any atom is 0.127 e. The summed E-state index contributed by atoms with van der Waals surface area (Å²) < 4.78 is 56.7. The Balaban J connectivity index is 0.000000265. The van der Waals surface area contributed by atoms with E-state index in [2.05, 4.69) is 297 Å². The van der Waals surface area contributed by atoms with Gasteiger partial charge in [-0.05, 0) is 228 Å². The molecular weight excluding hydrogens is 1560 g/mol. The minimum Gasteiger partial charge on any atom is -0.493 e. The van der Waals surface area contributed by atoms with Gasteiger partial charge in [0, 0.05) is 93.9 Å². The van der Waals surface area contributed by atoms with Crippen LogP contribution in [0.4, 0.5) is 11.4 Å². The highest BCUT2D eigenvalue weighted by atomic mass is 79.9. The van der Waals surface area contributed by atoms with Crippen molar-refractivity contribution in [3.8, 4) is 46.0 Å². The number of rotatable bonds is 24. The lowest BCUT2D eigenvalue weighted by molar-refractivity contribution is 0.304. The number of benzene rings is 8. The molecule has 2 aliphatic carbocycles. The lowest BCUT2D eigenvalue weighted by Crippen LogP contribution is -2.17. The van der Waals surface area contributed by atoms with E-state index in [1.54, 1.807) is 0 Å². The van der Waals surface area contributed by atoms with Crippen LogP contribution in [0, 0.1) is 0 Å². The van der Waals surface area contributed by atoms with Crippen LogP contribution in [0.3, 0.4) is 0 Å². The van der Waals surface area contributed by atoms with Gasteiger partial charge in [0.1, 0.15) is 46.0 Å². The Morgan fingerprint density at radius 1 is 0.216 bits per heavy atom. The summed E-state index contributed by atoms with van der Waals surface area (Å²) in [4.78, 5) is 0. The molecule has 0 saturated heterocycles. The summed E-state index contributed by atoms with van der Waals surface area (Å²) >= 11 is 7.97. The minimum absolute atomic E-state index is 0.0859. The number of fused-ring (bicyclic) bond motifs is 16. The molecule has 0 radical (unpaired) electrons. The Morgan fingerprint density at radius 2 is 0.345 bits per heavy atom. The molecule has 8 aromatic rings. The van der Waals surface area contributed by atoms with Gasteiger partial charge >= 0.3 is 0 Å². The van der Waals surface area contributed by atoms with Gasteiger partial charge in [-0.3, -0.25) is 0 Å². The molecule has 12 heteroatoms. The van der Waals surface area contributed by atoms with E-state index in [1.807, 2.05) is 0 Å². The summed E-state index contributed by atoms with van der Waals surface area (Å²) in [5, 5.41) is 0. The molecule has 8 aromatic carbocycles.